The number of aliphatic carboxylic acids is 2. The molecule has 0 heterocycles. The van der Waals surface area contributed by atoms with Crippen molar-refractivity contribution in [1.29, 1.82) is 0 Å². The average Bonchev–Trinajstić information content (AvgIpc) is 2.75. The Hall–Kier alpha value is -0.0100. The van der Waals surface area contributed by atoms with Crippen LogP contribution in [-0.2, 0) is 9.59 Å². The zero-order valence-corrected chi connectivity index (χ0v) is 22.7. The SMILES string of the molecule is CCCC[P+](CCCC)(CCCC)CCCC.N[C@@H](CSSC[C@H](N)C(=O)O)C(=O)[O-]. The lowest BCUT2D eigenvalue weighted by molar-refractivity contribution is -0.306. The monoisotopic (exact) mass is 498 g/mol. The number of carboxylic acids is 2. The summed E-state index contributed by atoms with van der Waals surface area (Å²) in [5.41, 5.74) is 10.3. The smallest absolute Gasteiger partial charge is 0.321 e. The predicted molar refractivity (Wildman–Crippen MR) is 140 cm³/mol. The third-order valence-electron chi connectivity index (χ3n) is 5.14. The van der Waals surface area contributed by atoms with Crippen molar-refractivity contribution >= 4 is 40.8 Å². The van der Waals surface area contributed by atoms with E-state index in [-0.39, 0.29) is 11.5 Å². The second-order valence-corrected chi connectivity index (χ2v) is 15.1. The zero-order chi connectivity index (χ0) is 24.1. The van der Waals surface area contributed by atoms with Gasteiger partial charge in [-0.15, -0.1) is 0 Å². The summed E-state index contributed by atoms with van der Waals surface area (Å²) in [5, 5.41) is 18.6. The zero-order valence-electron chi connectivity index (χ0n) is 20.1. The highest BCUT2D eigenvalue weighted by atomic mass is 33.1. The minimum atomic E-state index is -1.32. The Morgan fingerprint density at radius 1 is 0.774 bits per heavy atom. The number of unbranched alkanes of at least 4 members (excludes halogenated alkanes) is 4. The van der Waals surface area contributed by atoms with Crippen molar-refractivity contribution in [3.63, 3.8) is 0 Å². The second kappa shape index (κ2) is 21.8. The van der Waals surface area contributed by atoms with Gasteiger partial charge in [-0.1, -0.05) is 75.0 Å². The first-order valence-corrected chi connectivity index (χ1v) is 16.8. The van der Waals surface area contributed by atoms with Gasteiger partial charge >= 0.3 is 5.97 Å². The predicted octanol–water partition coefficient (Wildman–Crippen LogP) is 4.06. The van der Waals surface area contributed by atoms with Gasteiger partial charge < -0.3 is 26.5 Å². The van der Waals surface area contributed by atoms with Crippen LogP contribution in [0.25, 0.3) is 0 Å². The minimum absolute atomic E-state index is 0.166. The highest BCUT2D eigenvalue weighted by Gasteiger charge is 2.34. The summed E-state index contributed by atoms with van der Waals surface area (Å²) in [6.07, 6.45) is 17.9. The van der Waals surface area contributed by atoms with Crippen LogP contribution in [-0.4, -0.2) is 65.3 Å². The van der Waals surface area contributed by atoms with E-state index in [9.17, 15) is 14.7 Å². The molecular formula is C22H47N2O4PS2. The number of carboxylic acid groups (broad SMARTS) is 2. The average molecular weight is 499 g/mol. The molecule has 0 saturated heterocycles. The molecule has 0 spiro atoms. The van der Waals surface area contributed by atoms with Crippen molar-refractivity contribution in [1.82, 2.24) is 0 Å². The van der Waals surface area contributed by atoms with Crippen molar-refractivity contribution in [3.8, 4) is 0 Å². The number of carbonyl (C=O) groups excluding carboxylic acids is 1. The molecular weight excluding hydrogens is 451 g/mol. The van der Waals surface area contributed by atoms with Gasteiger partial charge in [-0.25, -0.2) is 0 Å². The molecule has 6 nitrogen and oxygen atoms in total. The van der Waals surface area contributed by atoms with Crippen molar-refractivity contribution in [3.05, 3.63) is 0 Å². The van der Waals surface area contributed by atoms with Gasteiger partial charge in [0, 0.05) is 18.8 Å². The number of carbonyl (C=O) groups is 2. The van der Waals surface area contributed by atoms with E-state index >= 15 is 0 Å². The fourth-order valence-electron chi connectivity index (χ4n) is 3.03. The number of hydrogen-bond acceptors (Lipinski definition) is 7. The molecule has 2 atom stereocenters. The van der Waals surface area contributed by atoms with Crippen LogP contribution in [0.2, 0.25) is 0 Å². The second-order valence-electron chi connectivity index (χ2n) is 8.09. The lowest BCUT2D eigenvalue weighted by atomic mass is 10.4. The maximum atomic E-state index is 10.3. The van der Waals surface area contributed by atoms with E-state index < -0.39 is 31.3 Å². The third-order valence-corrected chi connectivity index (χ3v) is 12.7. The molecule has 0 aromatic heterocycles. The quantitative estimate of drug-likeness (QED) is 0.138. The van der Waals surface area contributed by atoms with Crippen LogP contribution in [0.4, 0.5) is 0 Å². The Balaban J connectivity index is 0. The molecule has 0 saturated carbocycles. The van der Waals surface area contributed by atoms with Crippen LogP contribution in [0.3, 0.4) is 0 Å². The van der Waals surface area contributed by atoms with Crippen LogP contribution < -0.4 is 16.6 Å². The Morgan fingerprint density at radius 2 is 1.10 bits per heavy atom. The molecule has 186 valence electrons. The molecule has 31 heavy (non-hydrogen) atoms. The van der Waals surface area contributed by atoms with E-state index in [1.807, 2.05) is 0 Å². The molecule has 0 radical (unpaired) electrons. The molecule has 5 N–H and O–H groups in total. The van der Waals surface area contributed by atoms with Gasteiger partial charge in [0.1, 0.15) is 6.04 Å². The van der Waals surface area contributed by atoms with Crippen molar-refractivity contribution < 1.29 is 19.8 Å². The molecule has 0 aromatic carbocycles. The molecule has 0 rings (SSSR count). The molecule has 0 aliphatic heterocycles. The van der Waals surface area contributed by atoms with Crippen LogP contribution in [0.5, 0.6) is 0 Å². The molecule has 9 heteroatoms. The Kier molecular flexibility index (Phi) is 23.3. The highest BCUT2D eigenvalue weighted by Crippen LogP contribution is 2.61. The van der Waals surface area contributed by atoms with Crippen LogP contribution in [0.15, 0.2) is 0 Å². The fourth-order valence-corrected chi connectivity index (χ4v) is 10.5. The summed E-state index contributed by atoms with van der Waals surface area (Å²) in [7, 11) is 1.78. The topological polar surface area (TPSA) is 129 Å². The summed E-state index contributed by atoms with van der Waals surface area (Å²) in [6.45, 7) is 9.42. The lowest BCUT2D eigenvalue weighted by Gasteiger charge is -2.28. The van der Waals surface area contributed by atoms with Crippen LogP contribution in [0.1, 0.15) is 79.1 Å². The van der Waals surface area contributed by atoms with Gasteiger partial charge in [0.2, 0.25) is 0 Å². The summed E-state index contributed by atoms with van der Waals surface area (Å²) in [5.74, 6) is -2.03. The minimum Gasteiger partial charge on any atom is -0.548 e. The maximum Gasteiger partial charge on any atom is 0.321 e. The number of nitrogens with two attached hydrogens (primary N) is 2. The first kappa shape index (κ1) is 33.2. The van der Waals surface area contributed by atoms with Gasteiger partial charge in [-0.3, -0.25) is 4.79 Å². The molecule has 0 fully saturated rings. The lowest BCUT2D eigenvalue weighted by Crippen LogP contribution is -2.43. The highest BCUT2D eigenvalue weighted by molar-refractivity contribution is 8.76. The summed E-state index contributed by atoms with van der Waals surface area (Å²) >= 11 is 0. The van der Waals surface area contributed by atoms with E-state index in [1.54, 1.807) is 24.6 Å². The van der Waals surface area contributed by atoms with E-state index in [2.05, 4.69) is 27.7 Å². The Bertz CT molecular complexity index is 400. The molecule has 0 unspecified atom stereocenters. The fraction of sp³-hybridized carbons (Fsp3) is 0.909. The van der Waals surface area contributed by atoms with Gasteiger partial charge in [-0.2, -0.15) is 0 Å². The molecule has 0 aromatic rings. The number of hydrogen-bond donors (Lipinski definition) is 3. The van der Waals surface area contributed by atoms with Crippen molar-refractivity contribution in [2.24, 2.45) is 11.5 Å². The first-order chi connectivity index (χ1) is 14.7. The summed E-state index contributed by atoms with van der Waals surface area (Å²) < 4.78 is 0. The van der Waals surface area contributed by atoms with Gasteiger partial charge in [0.25, 0.3) is 0 Å². The van der Waals surface area contributed by atoms with Gasteiger partial charge in [0.15, 0.2) is 0 Å². The molecule has 0 bridgehead atoms. The van der Waals surface area contributed by atoms with E-state index in [1.165, 1.54) is 62.2 Å². The van der Waals surface area contributed by atoms with Crippen LogP contribution in [0, 0.1) is 0 Å². The Labute approximate surface area is 199 Å². The van der Waals surface area contributed by atoms with Crippen molar-refractivity contribution in [2.75, 3.05) is 36.2 Å². The van der Waals surface area contributed by atoms with Gasteiger partial charge in [0.05, 0.1) is 36.7 Å². The Morgan fingerprint density at radius 3 is 1.35 bits per heavy atom. The third kappa shape index (κ3) is 19.2. The largest absolute Gasteiger partial charge is 0.548 e. The first-order valence-electron chi connectivity index (χ1n) is 11.7. The normalized spacial score (nSPS) is 13.2. The summed E-state index contributed by atoms with van der Waals surface area (Å²) in [6, 6.07) is -1.97. The molecule has 0 aliphatic carbocycles. The number of rotatable bonds is 19. The van der Waals surface area contributed by atoms with E-state index in [0.29, 0.717) is 0 Å². The maximum absolute atomic E-state index is 10.3. The van der Waals surface area contributed by atoms with Crippen molar-refractivity contribution in [2.45, 2.75) is 91.1 Å². The van der Waals surface area contributed by atoms with E-state index in [0.717, 1.165) is 10.8 Å². The summed E-state index contributed by atoms with van der Waals surface area (Å²) in [4.78, 5) is 20.4. The molecule has 0 aliphatic rings. The van der Waals surface area contributed by atoms with E-state index in [4.69, 9.17) is 16.6 Å². The van der Waals surface area contributed by atoms with Crippen LogP contribution >= 0.6 is 28.9 Å². The standard InChI is InChI=1S/C16H36P.C6H12N2O4S2/c1-5-9-13-17(14-10-6-2,15-11-7-3)16-12-8-4;7-3(5(9)10)1-13-14-2-4(8)6(11)12/h5-16H2,1-4H3;3-4H,1-2,7-8H2,(H,9,10)(H,11,12)/q+1;/p-1/t;3-,4-/m.0/s1. The molecule has 0 amide bonds. The van der Waals surface area contributed by atoms with Gasteiger partial charge in [-0.05, 0) is 25.7 Å².